The lowest BCUT2D eigenvalue weighted by Gasteiger charge is -2.19. The number of rotatable bonds is 10. The van der Waals surface area contributed by atoms with Crippen LogP contribution in [-0.2, 0) is 0 Å². The van der Waals surface area contributed by atoms with Crippen LogP contribution in [0.3, 0.4) is 0 Å². The maximum atomic E-state index is 9.91. The van der Waals surface area contributed by atoms with Gasteiger partial charge in [-0.05, 0) is 37.1 Å². The third-order valence-corrected chi connectivity index (χ3v) is 3.27. The summed E-state index contributed by atoms with van der Waals surface area (Å²) >= 11 is 0. The minimum atomic E-state index is -0.497. The Morgan fingerprint density at radius 1 is 1.15 bits per heavy atom. The van der Waals surface area contributed by atoms with Crippen molar-refractivity contribution in [1.29, 1.82) is 0 Å². The van der Waals surface area contributed by atoms with Crippen LogP contribution in [0.5, 0.6) is 11.5 Å². The lowest BCUT2D eigenvalue weighted by Crippen LogP contribution is -2.37. The first-order valence-corrected chi connectivity index (χ1v) is 7.37. The lowest BCUT2D eigenvalue weighted by molar-refractivity contribution is 0.103. The molecule has 0 radical (unpaired) electrons. The van der Waals surface area contributed by atoms with Crippen molar-refractivity contribution in [2.45, 2.75) is 45.3 Å². The molecule has 1 aromatic carbocycles. The lowest BCUT2D eigenvalue weighted by atomic mass is 10.1. The average molecular weight is 281 g/mol. The van der Waals surface area contributed by atoms with Crippen LogP contribution in [-0.4, -0.2) is 37.5 Å². The molecule has 0 aliphatic rings. The number of nitrogens with one attached hydrogen (secondary N) is 1. The van der Waals surface area contributed by atoms with Crippen LogP contribution < -0.4 is 14.8 Å². The third-order valence-electron chi connectivity index (χ3n) is 3.27. The number of hydrogen-bond acceptors (Lipinski definition) is 4. The van der Waals surface area contributed by atoms with Gasteiger partial charge >= 0.3 is 0 Å². The molecule has 114 valence electrons. The highest BCUT2D eigenvalue weighted by atomic mass is 16.5. The Balaban J connectivity index is 2.26. The maximum absolute atomic E-state index is 9.91. The highest BCUT2D eigenvalue weighted by Gasteiger charge is 2.09. The van der Waals surface area contributed by atoms with E-state index in [1.165, 1.54) is 0 Å². The van der Waals surface area contributed by atoms with Crippen LogP contribution in [0.4, 0.5) is 0 Å². The summed E-state index contributed by atoms with van der Waals surface area (Å²) in [5.41, 5.74) is 0. The van der Waals surface area contributed by atoms with Gasteiger partial charge in [-0.15, -0.1) is 0 Å². The summed E-state index contributed by atoms with van der Waals surface area (Å²) in [5, 5.41) is 13.3. The zero-order chi connectivity index (χ0) is 14.8. The second-order valence-electron chi connectivity index (χ2n) is 4.94. The first-order valence-electron chi connectivity index (χ1n) is 7.37. The second kappa shape index (κ2) is 9.61. The number of aliphatic hydroxyl groups excluding tert-OH is 1. The van der Waals surface area contributed by atoms with E-state index in [2.05, 4.69) is 19.2 Å². The van der Waals surface area contributed by atoms with Crippen LogP contribution in [0.15, 0.2) is 24.3 Å². The van der Waals surface area contributed by atoms with Crippen molar-refractivity contribution >= 4 is 0 Å². The Morgan fingerprint density at radius 3 is 2.35 bits per heavy atom. The molecular formula is C16H27NO3. The molecule has 0 amide bonds. The first-order chi connectivity index (χ1) is 9.69. The molecule has 4 nitrogen and oxygen atoms in total. The molecule has 20 heavy (non-hydrogen) atoms. The van der Waals surface area contributed by atoms with E-state index in [-0.39, 0.29) is 0 Å². The summed E-state index contributed by atoms with van der Waals surface area (Å²) in [6.45, 7) is 5.19. The van der Waals surface area contributed by atoms with Crippen molar-refractivity contribution in [1.82, 2.24) is 5.32 Å². The minimum absolute atomic E-state index is 0.294. The molecule has 4 heteroatoms. The molecule has 0 saturated heterocycles. The molecule has 2 atom stereocenters. The quantitative estimate of drug-likeness (QED) is 0.692. The van der Waals surface area contributed by atoms with Crippen LogP contribution in [0.1, 0.15) is 33.1 Å². The van der Waals surface area contributed by atoms with Gasteiger partial charge in [-0.2, -0.15) is 0 Å². The number of hydrogen-bond donors (Lipinski definition) is 2. The van der Waals surface area contributed by atoms with Crippen molar-refractivity contribution in [3.05, 3.63) is 24.3 Å². The van der Waals surface area contributed by atoms with E-state index in [0.29, 0.717) is 19.2 Å². The number of aliphatic hydroxyl groups is 1. The van der Waals surface area contributed by atoms with E-state index in [4.69, 9.17) is 9.47 Å². The third kappa shape index (κ3) is 6.26. The standard InChI is InChI=1S/C16H27NO3/c1-4-6-13(5-2)17-11-14(18)12-20-16-9-7-15(19-3)8-10-16/h7-10,13-14,17-18H,4-6,11-12H2,1-3H3. The molecule has 0 aliphatic carbocycles. The van der Waals surface area contributed by atoms with Gasteiger partial charge in [0, 0.05) is 12.6 Å². The van der Waals surface area contributed by atoms with Crippen LogP contribution in [0, 0.1) is 0 Å². The molecule has 0 aliphatic heterocycles. The Hall–Kier alpha value is -1.26. The van der Waals surface area contributed by atoms with Gasteiger partial charge in [0.1, 0.15) is 24.2 Å². The predicted octanol–water partition coefficient (Wildman–Crippen LogP) is 2.60. The summed E-state index contributed by atoms with van der Waals surface area (Å²) in [6, 6.07) is 7.84. The Morgan fingerprint density at radius 2 is 1.80 bits per heavy atom. The SMILES string of the molecule is CCCC(CC)NCC(O)COc1ccc(OC)cc1. The highest BCUT2D eigenvalue weighted by Crippen LogP contribution is 2.17. The van der Waals surface area contributed by atoms with E-state index >= 15 is 0 Å². The summed E-state index contributed by atoms with van der Waals surface area (Å²) < 4.78 is 10.6. The maximum Gasteiger partial charge on any atom is 0.119 e. The predicted molar refractivity (Wildman–Crippen MR) is 81.5 cm³/mol. The van der Waals surface area contributed by atoms with E-state index in [1.807, 2.05) is 24.3 Å². The normalized spacial score (nSPS) is 13.8. The van der Waals surface area contributed by atoms with Crippen LogP contribution in [0.25, 0.3) is 0 Å². The van der Waals surface area contributed by atoms with Gasteiger partial charge in [0.15, 0.2) is 0 Å². The minimum Gasteiger partial charge on any atom is -0.497 e. The zero-order valence-electron chi connectivity index (χ0n) is 12.8. The second-order valence-corrected chi connectivity index (χ2v) is 4.94. The van der Waals surface area contributed by atoms with Crippen molar-refractivity contribution < 1.29 is 14.6 Å². The Bertz CT molecular complexity index is 353. The largest absolute Gasteiger partial charge is 0.497 e. The van der Waals surface area contributed by atoms with Gasteiger partial charge in [0.05, 0.1) is 7.11 Å². The highest BCUT2D eigenvalue weighted by molar-refractivity contribution is 5.31. The van der Waals surface area contributed by atoms with E-state index < -0.39 is 6.10 Å². The van der Waals surface area contributed by atoms with Gasteiger partial charge in [0.2, 0.25) is 0 Å². The van der Waals surface area contributed by atoms with Crippen LogP contribution >= 0.6 is 0 Å². The zero-order valence-corrected chi connectivity index (χ0v) is 12.8. The molecule has 1 rings (SSSR count). The molecular weight excluding hydrogens is 254 g/mol. The summed E-state index contributed by atoms with van der Waals surface area (Å²) in [4.78, 5) is 0. The van der Waals surface area contributed by atoms with Crippen molar-refractivity contribution in [3.63, 3.8) is 0 Å². The average Bonchev–Trinajstić information content (AvgIpc) is 2.49. The van der Waals surface area contributed by atoms with Crippen molar-refractivity contribution in [2.24, 2.45) is 0 Å². The van der Waals surface area contributed by atoms with Gasteiger partial charge < -0.3 is 19.9 Å². The molecule has 0 heterocycles. The molecule has 0 saturated carbocycles. The van der Waals surface area contributed by atoms with Crippen molar-refractivity contribution in [2.75, 3.05) is 20.3 Å². The molecule has 1 aromatic rings. The number of benzene rings is 1. The van der Waals surface area contributed by atoms with Crippen LogP contribution in [0.2, 0.25) is 0 Å². The molecule has 2 N–H and O–H groups in total. The first kappa shape index (κ1) is 16.8. The Labute approximate surface area is 122 Å². The molecule has 0 fully saturated rings. The van der Waals surface area contributed by atoms with Gasteiger partial charge in [-0.1, -0.05) is 20.3 Å². The van der Waals surface area contributed by atoms with E-state index in [9.17, 15) is 5.11 Å². The fraction of sp³-hybridized carbons (Fsp3) is 0.625. The molecule has 0 spiro atoms. The van der Waals surface area contributed by atoms with Gasteiger partial charge in [-0.3, -0.25) is 0 Å². The topological polar surface area (TPSA) is 50.7 Å². The number of methoxy groups -OCH3 is 1. The number of ether oxygens (including phenoxy) is 2. The summed E-state index contributed by atoms with van der Waals surface area (Å²) in [5.74, 6) is 1.54. The monoisotopic (exact) mass is 281 g/mol. The van der Waals surface area contributed by atoms with Crippen molar-refractivity contribution in [3.8, 4) is 11.5 Å². The summed E-state index contributed by atoms with van der Waals surface area (Å²) in [7, 11) is 1.63. The van der Waals surface area contributed by atoms with Gasteiger partial charge in [0.25, 0.3) is 0 Å². The molecule has 0 bridgehead atoms. The van der Waals surface area contributed by atoms with Gasteiger partial charge in [-0.25, -0.2) is 0 Å². The fourth-order valence-corrected chi connectivity index (χ4v) is 2.02. The van der Waals surface area contributed by atoms with E-state index in [1.54, 1.807) is 7.11 Å². The summed E-state index contributed by atoms with van der Waals surface area (Å²) in [6.07, 6.45) is 2.88. The molecule has 0 aromatic heterocycles. The Kier molecular flexibility index (Phi) is 8.07. The smallest absolute Gasteiger partial charge is 0.119 e. The fourth-order valence-electron chi connectivity index (χ4n) is 2.02. The van der Waals surface area contributed by atoms with E-state index in [0.717, 1.165) is 30.8 Å². The molecule has 2 unspecified atom stereocenters.